The number of halogens is 3. The van der Waals surface area contributed by atoms with Crippen LogP contribution >= 0.6 is 27.9 Å². The van der Waals surface area contributed by atoms with Crippen molar-refractivity contribution in [2.24, 2.45) is 0 Å². The van der Waals surface area contributed by atoms with Gasteiger partial charge >= 0.3 is 42.6 Å². The first-order valence-electron chi connectivity index (χ1n) is 7.55. The van der Waals surface area contributed by atoms with Gasteiger partial charge in [-0.25, -0.2) is 0 Å². The Morgan fingerprint density at radius 1 is 0.810 bits per heavy atom. The molecule has 0 saturated carbocycles. The molecule has 0 radical (unpaired) electrons. The van der Waals surface area contributed by atoms with E-state index in [0.29, 0.717) is 0 Å². The number of benzene rings is 1. The maximum atomic E-state index is 4.97. The van der Waals surface area contributed by atoms with Crippen LogP contribution in [0.15, 0.2) is 18.2 Å². The SMILES string of the molecule is CCc1c(CC)c(CC)c2[cH-]ccc2c1CC.[Cl][Ti+]([Cl])[Cl]. The fourth-order valence-corrected chi connectivity index (χ4v) is 3.30. The Balaban J connectivity index is 0.000000491. The Bertz CT molecular complexity index is 524. The Kier molecular flexibility index (Phi) is 8.83. The molecule has 0 nitrogen and oxygen atoms in total. The third-order valence-electron chi connectivity index (χ3n) is 3.97. The minimum absolute atomic E-state index is 1.15. The molecule has 0 N–H and O–H groups in total. The van der Waals surface area contributed by atoms with Crippen molar-refractivity contribution in [3.8, 4) is 0 Å². The second-order valence-corrected chi connectivity index (χ2v) is 12.6. The van der Waals surface area contributed by atoms with Crippen molar-refractivity contribution in [3.05, 3.63) is 40.5 Å². The van der Waals surface area contributed by atoms with Gasteiger partial charge in [-0.3, -0.25) is 0 Å². The number of rotatable bonds is 4. The molecule has 0 aromatic heterocycles. The van der Waals surface area contributed by atoms with Crippen molar-refractivity contribution in [2.75, 3.05) is 0 Å². The van der Waals surface area contributed by atoms with Gasteiger partial charge < -0.3 is 0 Å². The first-order valence-corrected chi connectivity index (χ1v) is 14.0. The molecule has 0 aliphatic rings. The van der Waals surface area contributed by atoms with E-state index in [-0.39, 0.29) is 0 Å². The number of hydrogen-bond donors (Lipinski definition) is 0. The molecule has 0 amide bonds. The molecule has 0 fully saturated rings. The fourth-order valence-electron chi connectivity index (χ4n) is 3.30. The normalized spacial score (nSPS) is 10.4. The molecule has 2 aromatic rings. The predicted octanol–water partition coefficient (Wildman–Crippen LogP) is 6.87. The van der Waals surface area contributed by atoms with Gasteiger partial charge in [-0.05, 0) is 19.3 Å². The van der Waals surface area contributed by atoms with E-state index in [1.54, 1.807) is 22.3 Å². The molecule has 0 heterocycles. The fraction of sp³-hybridized carbons (Fsp3) is 0.471. The minimum atomic E-state index is -1.92. The van der Waals surface area contributed by atoms with E-state index >= 15 is 0 Å². The quantitative estimate of drug-likeness (QED) is 0.400. The van der Waals surface area contributed by atoms with Crippen molar-refractivity contribution >= 4 is 38.7 Å². The molecule has 21 heavy (non-hydrogen) atoms. The van der Waals surface area contributed by atoms with Crippen LogP contribution in [0.2, 0.25) is 0 Å². The van der Waals surface area contributed by atoms with E-state index in [1.165, 1.54) is 23.6 Å². The van der Waals surface area contributed by atoms with Crippen LogP contribution in [0, 0.1) is 0 Å². The molecular weight excluding hydrogens is 358 g/mol. The molecule has 2 aromatic carbocycles. The molecule has 116 valence electrons. The second kappa shape index (κ2) is 9.53. The van der Waals surface area contributed by atoms with E-state index in [2.05, 4.69) is 45.9 Å². The maximum absolute atomic E-state index is 4.97. The van der Waals surface area contributed by atoms with Crippen LogP contribution in [0.5, 0.6) is 0 Å². The van der Waals surface area contributed by atoms with Gasteiger partial charge in [-0.1, -0.05) is 50.8 Å². The average Bonchev–Trinajstić information content (AvgIpc) is 2.92. The van der Waals surface area contributed by atoms with Crippen molar-refractivity contribution in [3.63, 3.8) is 0 Å². The van der Waals surface area contributed by atoms with E-state index < -0.39 is 14.7 Å². The Hall–Kier alpha value is 0.414. The number of aryl methyl sites for hydroxylation is 2. The summed E-state index contributed by atoms with van der Waals surface area (Å²) in [5.74, 6) is 0. The first kappa shape index (κ1) is 19.5. The van der Waals surface area contributed by atoms with Crippen molar-refractivity contribution in [1.29, 1.82) is 0 Å². The van der Waals surface area contributed by atoms with E-state index in [0.717, 1.165) is 12.8 Å². The van der Waals surface area contributed by atoms with Gasteiger partial charge in [0.2, 0.25) is 0 Å². The molecule has 0 bridgehead atoms. The summed E-state index contributed by atoms with van der Waals surface area (Å²) in [7, 11) is 14.9. The Morgan fingerprint density at radius 3 is 1.67 bits per heavy atom. The number of hydrogen-bond acceptors (Lipinski definition) is 0. The van der Waals surface area contributed by atoms with Crippen LogP contribution in [0.1, 0.15) is 49.9 Å². The monoisotopic (exact) mass is 380 g/mol. The summed E-state index contributed by atoms with van der Waals surface area (Å²) in [6.07, 6.45) is 4.64. The van der Waals surface area contributed by atoms with Crippen molar-refractivity contribution < 1.29 is 14.7 Å². The summed E-state index contributed by atoms with van der Waals surface area (Å²) in [5, 5.41) is 3.00. The summed E-state index contributed by atoms with van der Waals surface area (Å²) >= 11 is -1.92. The molecule has 0 saturated heterocycles. The molecule has 0 aliphatic heterocycles. The molecule has 0 unspecified atom stereocenters. The summed E-state index contributed by atoms with van der Waals surface area (Å²) in [5.41, 5.74) is 6.40. The second-order valence-electron chi connectivity index (χ2n) is 4.90. The van der Waals surface area contributed by atoms with Crippen molar-refractivity contribution in [2.45, 2.75) is 53.4 Å². The van der Waals surface area contributed by atoms with Crippen LogP contribution in [-0.4, -0.2) is 0 Å². The van der Waals surface area contributed by atoms with Crippen LogP contribution < -0.4 is 0 Å². The molecule has 0 aliphatic carbocycles. The van der Waals surface area contributed by atoms with Gasteiger partial charge in [0.1, 0.15) is 0 Å². The predicted molar refractivity (Wildman–Crippen MR) is 94.6 cm³/mol. The van der Waals surface area contributed by atoms with Gasteiger partial charge in [0.15, 0.2) is 0 Å². The molecule has 0 spiro atoms. The standard InChI is InChI=1S/C17H23.3ClH.Ti/c1-5-12-13(6-2)15(8-4)17-11-9-10-16(17)14(12)7-3;;;;/h9-11H,5-8H2,1-4H3;3*1H;/q-1;;;;+4/p-3. The first-order chi connectivity index (χ1) is 10.0. The Labute approximate surface area is 146 Å². The third kappa shape index (κ3) is 4.69. The van der Waals surface area contributed by atoms with Crippen LogP contribution in [0.3, 0.4) is 0 Å². The van der Waals surface area contributed by atoms with Crippen LogP contribution in [0.4, 0.5) is 0 Å². The summed E-state index contributed by atoms with van der Waals surface area (Å²) in [4.78, 5) is 0. The topological polar surface area (TPSA) is 0 Å². The summed E-state index contributed by atoms with van der Waals surface area (Å²) in [6.45, 7) is 9.15. The van der Waals surface area contributed by atoms with Crippen molar-refractivity contribution in [1.82, 2.24) is 0 Å². The van der Waals surface area contributed by atoms with E-state index in [1.807, 2.05) is 0 Å². The summed E-state index contributed by atoms with van der Waals surface area (Å²) in [6, 6.07) is 6.81. The zero-order valence-electron chi connectivity index (χ0n) is 13.2. The Morgan fingerprint density at radius 2 is 1.24 bits per heavy atom. The zero-order valence-corrected chi connectivity index (χ0v) is 17.0. The molecular formula is C17H23Cl3Ti. The van der Waals surface area contributed by atoms with Gasteiger partial charge in [-0.2, -0.15) is 12.1 Å². The summed E-state index contributed by atoms with van der Waals surface area (Å²) < 4.78 is 0. The zero-order chi connectivity index (χ0) is 16.0. The van der Waals surface area contributed by atoms with Gasteiger partial charge in [-0.15, -0.1) is 22.4 Å². The van der Waals surface area contributed by atoms with Crippen LogP contribution in [-0.2, 0) is 40.4 Å². The number of fused-ring (bicyclic) bond motifs is 1. The average molecular weight is 382 g/mol. The van der Waals surface area contributed by atoms with Crippen LogP contribution in [0.25, 0.3) is 10.8 Å². The van der Waals surface area contributed by atoms with E-state index in [9.17, 15) is 0 Å². The van der Waals surface area contributed by atoms with Gasteiger partial charge in [0, 0.05) is 0 Å². The van der Waals surface area contributed by atoms with Gasteiger partial charge in [0.25, 0.3) is 0 Å². The molecule has 4 heteroatoms. The third-order valence-corrected chi connectivity index (χ3v) is 3.97. The molecule has 2 rings (SSSR count). The molecule has 0 atom stereocenters. The van der Waals surface area contributed by atoms with Gasteiger partial charge in [0.05, 0.1) is 0 Å². The van der Waals surface area contributed by atoms with E-state index in [4.69, 9.17) is 27.9 Å².